The zero-order valence-corrected chi connectivity index (χ0v) is 16.0. The van der Waals surface area contributed by atoms with Crippen molar-refractivity contribution < 1.29 is 31.8 Å². The summed E-state index contributed by atoms with van der Waals surface area (Å²) in [6, 6.07) is 9.12. The van der Waals surface area contributed by atoms with Gasteiger partial charge in [-0.25, -0.2) is 17.9 Å². The van der Waals surface area contributed by atoms with Crippen LogP contribution in [0, 0.1) is 0 Å². The van der Waals surface area contributed by atoms with Gasteiger partial charge in [-0.15, -0.1) is 0 Å². The van der Waals surface area contributed by atoms with Gasteiger partial charge in [0, 0.05) is 11.1 Å². The number of allylic oxidation sites excluding steroid dienone is 2. The van der Waals surface area contributed by atoms with Crippen molar-refractivity contribution in [2.45, 2.75) is 17.7 Å². The van der Waals surface area contributed by atoms with Crippen LogP contribution in [0.1, 0.15) is 12.5 Å². The van der Waals surface area contributed by atoms with Crippen molar-refractivity contribution in [3.05, 3.63) is 60.2 Å². The summed E-state index contributed by atoms with van der Waals surface area (Å²) in [5, 5.41) is 8.82. The molecule has 0 aromatic heterocycles. The number of rotatable bonds is 8. The van der Waals surface area contributed by atoms with Crippen LogP contribution in [0.2, 0.25) is 0 Å². The molecule has 150 valence electrons. The van der Waals surface area contributed by atoms with Gasteiger partial charge < -0.3 is 9.84 Å². The number of carbonyl (C=O) groups is 1. The van der Waals surface area contributed by atoms with Crippen molar-refractivity contribution in [1.82, 2.24) is 4.72 Å². The molecule has 0 amide bonds. The molecule has 0 aliphatic carbocycles. The summed E-state index contributed by atoms with van der Waals surface area (Å²) in [5.41, 5.74) is 0.306. The fourth-order valence-corrected chi connectivity index (χ4v) is 3.20. The van der Waals surface area contributed by atoms with E-state index >= 15 is 0 Å². The van der Waals surface area contributed by atoms with Crippen molar-refractivity contribution in [3.8, 4) is 16.9 Å². The highest BCUT2D eigenvalue weighted by Gasteiger charge is 2.28. The molecule has 2 N–H and O–H groups in total. The molecular weight excluding hydrogens is 392 g/mol. The van der Waals surface area contributed by atoms with Gasteiger partial charge in [0.25, 0.3) is 5.92 Å². The largest absolute Gasteiger partial charge is 0.481 e. The second kappa shape index (κ2) is 8.49. The summed E-state index contributed by atoms with van der Waals surface area (Å²) >= 11 is 0. The Morgan fingerprint density at radius 3 is 2.39 bits per heavy atom. The lowest BCUT2D eigenvalue weighted by Gasteiger charge is -2.17. The standard InChI is InChI=1S/C19H19F2NO5S/c1-3-10-19(20,21)14-6-9-17(27-12-18(23)24)16(11-14)13-4-7-15(8-5-13)28(25,26)22-2/h3-11,22H,12H2,1-2H3,(H,23,24)/b10-3+. The van der Waals surface area contributed by atoms with Crippen LogP contribution in [0.4, 0.5) is 8.78 Å². The zero-order chi connectivity index (χ0) is 20.9. The number of nitrogens with one attached hydrogen (secondary N) is 1. The summed E-state index contributed by atoms with van der Waals surface area (Å²) in [7, 11) is -2.38. The predicted molar refractivity (Wildman–Crippen MR) is 100.0 cm³/mol. The van der Waals surface area contributed by atoms with Gasteiger partial charge in [-0.2, -0.15) is 8.78 Å². The fourth-order valence-electron chi connectivity index (χ4n) is 2.47. The minimum Gasteiger partial charge on any atom is -0.481 e. The van der Waals surface area contributed by atoms with Crippen LogP contribution in [0.15, 0.2) is 59.5 Å². The van der Waals surface area contributed by atoms with E-state index in [0.29, 0.717) is 5.56 Å². The van der Waals surface area contributed by atoms with E-state index in [1.54, 1.807) is 0 Å². The Balaban J connectivity index is 2.56. The van der Waals surface area contributed by atoms with Crippen molar-refractivity contribution in [2.75, 3.05) is 13.7 Å². The van der Waals surface area contributed by atoms with E-state index in [4.69, 9.17) is 9.84 Å². The lowest BCUT2D eigenvalue weighted by Crippen LogP contribution is -2.18. The summed E-state index contributed by atoms with van der Waals surface area (Å²) in [5.74, 6) is -4.36. The lowest BCUT2D eigenvalue weighted by molar-refractivity contribution is -0.139. The molecule has 6 nitrogen and oxygen atoms in total. The minimum absolute atomic E-state index is 0.00200. The molecule has 0 saturated heterocycles. The van der Waals surface area contributed by atoms with Gasteiger partial charge in [-0.05, 0) is 55.9 Å². The average molecular weight is 411 g/mol. The fraction of sp³-hybridized carbons (Fsp3) is 0.211. The molecule has 2 rings (SSSR count). The zero-order valence-electron chi connectivity index (χ0n) is 15.1. The average Bonchev–Trinajstić information content (AvgIpc) is 2.66. The van der Waals surface area contributed by atoms with Crippen LogP contribution in [-0.2, 0) is 20.7 Å². The number of alkyl halides is 2. The SMILES string of the molecule is C/C=C/C(F)(F)c1ccc(OCC(=O)O)c(-c2ccc(S(=O)(=O)NC)cc2)c1. The Bertz CT molecular complexity index is 986. The third-order valence-corrected chi connectivity index (χ3v) is 5.27. The number of sulfonamides is 1. The first kappa shape index (κ1) is 21.5. The minimum atomic E-state index is -3.66. The maximum absolute atomic E-state index is 14.3. The Morgan fingerprint density at radius 1 is 1.21 bits per heavy atom. The van der Waals surface area contributed by atoms with Crippen LogP contribution < -0.4 is 9.46 Å². The van der Waals surface area contributed by atoms with E-state index in [1.165, 1.54) is 56.4 Å². The van der Waals surface area contributed by atoms with Gasteiger partial charge >= 0.3 is 5.97 Å². The Hall–Kier alpha value is -2.78. The first-order chi connectivity index (χ1) is 13.1. The number of aliphatic carboxylic acids is 1. The molecule has 0 radical (unpaired) electrons. The Kier molecular flexibility index (Phi) is 6.52. The maximum Gasteiger partial charge on any atom is 0.341 e. The van der Waals surface area contributed by atoms with Crippen molar-refractivity contribution in [1.29, 1.82) is 0 Å². The first-order valence-corrected chi connectivity index (χ1v) is 9.64. The van der Waals surface area contributed by atoms with Crippen molar-refractivity contribution in [2.24, 2.45) is 0 Å². The van der Waals surface area contributed by atoms with E-state index in [2.05, 4.69) is 4.72 Å². The number of carboxylic acids is 1. The van der Waals surface area contributed by atoms with Gasteiger partial charge in [0.2, 0.25) is 10.0 Å². The highest BCUT2D eigenvalue weighted by Crippen LogP contribution is 2.37. The molecule has 0 bridgehead atoms. The smallest absolute Gasteiger partial charge is 0.341 e. The van der Waals surface area contributed by atoms with Gasteiger partial charge in [0.15, 0.2) is 6.61 Å². The molecule has 0 saturated carbocycles. The predicted octanol–water partition coefficient (Wildman–Crippen LogP) is 3.39. The quantitative estimate of drug-likeness (QED) is 0.650. The third kappa shape index (κ3) is 4.93. The molecule has 0 unspecified atom stereocenters. The lowest BCUT2D eigenvalue weighted by atomic mass is 9.99. The number of hydrogen-bond acceptors (Lipinski definition) is 4. The molecule has 0 spiro atoms. The summed E-state index contributed by atoms with van der Waals surface area (Å²) in [6.45, 7) is 0.823. The molecule has 2 aromatic carbocycles. The molecule has 0 aliphatic heterocycles. The highest BCUT2D eigenvalue weighted by molar-refractivity contribution is 7.89. The van der Waals surface area contributed by atoms with Crippen LogP contribution in [0.5, 0.6) is 5.75 Å². The van der Waals surface area contributed by atoms with Crippen molar-refractivity contribution >= 4 is 16.0 Å². The van der Waals surface area contributed by atoms with E-state index in [-0.39, 0.29) is 21.8 Å². The van der Waals surface area contributed by atoms with Crippen molar-refractivity contribution in [3.63, 3.8) is 0 Å². The monoisotopic (exact) mass is 411 g/mol. The third-order valence-electron chi connectivity index (χ3n) is 3.84. The van der Waals surface area contributed by atoms with E-state index in [1.807, 2.05) is 0 Å². The molecule has 0 fully saturated rings. The van der Waals surface area contributed by atoms with E-state index in [9.17, 15) is 22.0 Å². The number of carboxylic acid groups (broad SMARTS) is 1. The van der Waals surface area contributed by atoms with Gasteiger partial charge in [-0.3, -0.25) is 0 Å². The molecule has 0 heterocycles. The Labute approximate surface area is 161 Å². The summed E-state index contributed by atoms with van der Waals surface area (Å²) < 4.78 is 59.6. The molecule has 0 aliphatic rings. The second-order valence-electron chi connectivity index (χ2n) is 5.75. The second-order valence-corrected chi connectivity index (χ2v) is 7.63. The number of hydrogen-bond donors (Lipinski definition) is 2. The highest BCUT2D eigenvalue weighted by atomic mass is 32.2. The number of halogens is 2. The summed E-state index contributed by atoms with van der Waals surface area (Å²) in [6.07, 6.45) is 1.97. The summed E-state index contributed by atoms with van der Waals surface area (Å²) in [4.78, 5) is 10.8. The van der Waals surface area contributed by atoms with Gasteiger partial charge in [-0.1, -0.05) is 18.2 Å². The van der Waals surface area contributed by atoms with E-state index < -0.39 is 28.5 Å². The van der Waals surface area contributed by atoms with Crippen LogP contribution in [0.25, 0.3) is 11.1 Å². The first-order valence-electron chi connectivity index (χ1n) is 8.15. The van der Waals surface area contributed by atoms with Crippen LogP contribution in [0.3, 0.4) is 0 Å². The molecule has 9 heteroatoms. The molecule has 2 aromatic rings. The normalized spacial score (nSPS) is 12.3. The topological polar surface area (TPSA) is 92.7 Å². The molecular formula is C19H19F2NO5S. The number of ether oxygens (including phenoxy) is 1. The van der Waals surface area contributed by atoms with E-state index in [0.717, 1.165) is 12.1 Å². The van der Waals surface area contributed by atoms with Gasteiger partial charge in [0.1, 0.15) is 5.75 Å². The number of benzene rings is 2. The molecule has 0 atom stereocenters. The van der Waals surface area contributed by atoms with Crippen LogP contribution >= 0.6 is 0 Å². The Morgan fingerprint density at radius 2 is 1.86 bits per heavy atom. The maximum atomic E-state index is 14.3. The van der Waals surface area contributed by atoms with Gasteiger partial charge in [0.05, 0.1) is 4.90 Å². The molecule has 28 heavy (non-hydrogen) atoms. The van der Waals surface area contributed by atoms with Crippen LogP contribution in [-0.4, -0.2) is 33.1 Å².